The van der Waals surface area contributed by atoms with Crippen molar-refractivity contribution >= 4 is 12.2 Å². The maximum Gasteiger partial charge on any atom is 0.201 e. The van der Waals surface area contributed by atoms with Gasteiger partial charge in [0.15, 0.2) is 11.6 Å². The first kappa shape index (κ1) is 18.3. The average Bonchev–Trinajstić information content (AvgIpc) is 3.55. The minimum absolute atomic E-state index is 0.121. The van der Waals surface area contributed by atoms with Crippen molar-refractivity contribution in [3.63, 3.8) is 0 Å². The summed E-state index contributed by atoms with van der Waals surface area (Å²) in [6, 6.07) is 15.3. The number of benzene rings is 3. The summed E-state index contributed by atoms with van der Waals surface area (Å²) in [6.45, 7) is 0.565. The van der Waals surface area contributed by atoms with Crippen LogP contribution in [0.25, 0.3) is 23.3 Å². The summed E-state index contributed by atoms with van der Waals surface area (Å²) in [5.74, 6) is -2.38. The lowest BCUT2D eigenvalue weighted by Crippen LogP contribution is -1.94. The first-order valence-electron chi connectivity index (χ1n) is 8.78. The highest BCUT2D eigenvalue weighted by Gasteiger charge is 2.27. The molecule has 0 saturated carbocycles. The summed E-state index contributed by atoms with van der Waals surface area (Å²) in [4.78, 5) is 0. The van der Waals surface area contributed by atoms with Gasteiger partial charge in [0, 0.05) is 11.1 Å². The van der Waals surface area contributed by atoms with Crippen molar-refractivity contribution in [3.05, 3.63) is 88.7 Å². The van der Waals surface area contributed by atoms with Crippen LogP contribution in [0.4, 0.5) is 13.2 Å². The van der Waals surface area contributed by atoms with E-state index in [0.717, 1.165) is 16.7 Å². The first-order chi connectivity index (χ1) is 13.6. The van der Waals surface area contributed by atoms with E-state index in [1.165, 1.54) is 31.4 Å². The van der Waals surface area contributed by atoms with Gasteiger partial charge in [0.25, 0.3) is 0 Å². The first-order valence-corrected chi connectivity index (χ1v) is 8.78. The van der Waals surface area contributed by atoms with E-state index in [0.29, 0.717) is 12.2 Å². The van der Waals surface area contributed by atoms with Crippen LogP contribution in [0.2, 0.25) is 0 Å². The fourth-order valence-corrected chi connectivity index (χ4v) is 3.00. The third-order valence-electron chi connectivity index (χ3n) is 4.68. The van der Waals surface area contributed by atoms with Gasteiger partial charge in [-0.25, -0.2) is 8.78 Å². The van der Waals surface area contributed by atoms with E-state index in [1.807, 2.05) is 30.3 Å². The molecule has 0 radical (unpaired) electrons. The largest absolute Gasteiger partial charge is 0.494 e. The van der Waals surface area contributed by atoms with Crippen molar-refractivity contribution in [1.82, 2.24) is 0 Å². The van der Waals surface area contributed by atoms with Crippen LogP contribution in [0.3, 0.4) is 0 Å². The fourth-order valence-electron chi connectivity index (χ4n) is 3.00. The van der Waals surface area contributed by atoms with Crippen molar-refractivity contribution in [2.24, 2.45) is 0 Å². The van der Waals surface area contributed by atoms with Gasteiger partial charge in [0.1, 0.15) is 11.9 Å². The van der Waals surface area contributed by atoms with Crippen LogP contribution in [-0.4, -0.2) is 13.7 Å². The van der Waals surface area contributed by atoms with E-state index in [1.54, 1.807) is 12.1 Å². The highest BCUT2D eigenvalue weighted by atomic mass is 19.2. The lowest BCUT2D eigenvalue weighted by molar-refractivity contribution is 0.371. The van der Waals surface area contributed by atoms with Crippen LogP contribution >= 0.6 is 0 Å². The van der Waals surface area contributed by atoms with Crippen molar-refractivity contribution in [2.75, 3.05) is 13.7 Å². The number of halogens is 3. The molecule has 1 fully saturated rings. The molecule has 28 heavy (non-hydrogen) atoms. The number of rotatable bonds is 5. The average molecular weight is 382 g/mol. The maximum atomic E-state index is 14.2. The van der Waals surface area contributed by atoms with Crippen LogP contribution in [0.1, 0.15) is 22.8 Å². The zero-order chi connectivity index (χ0) is 19.7. The molecule has 3 aromatic rings. The molecule has 0 N–H and O–H groups in total. The molecule has 0 amide bonds. The Bertz CT molecular complexity index is 1040. The molecular formula is C23H17F3O2. The minimum atomic E-state index is -1.01. The second-order valence-electron chi connectivity index (χ2n) is 6.50. The van der Waals surface area contributed by atoms with E-state index in [4.69, 9.17) is 9.47 Å². The second kappa shape index (κ2) is 7.52. The summed E-state index contributed by atoms with van der Waals surface area (Å²) in [5.41, 5.74) is 3.14. The Hall–Kier alpha value is -3.05. The van der Waals surface area contributed by atoms with Gasteiger partial charge >= 0.3 is 0 Å². The molecule has 3 aromatic carbocycles. The summed E-state index contributed by atoms with van der Waals surface area (Å²) >= 11 is 0. The third-order valence-corrected chi connectivity index (χ3v) is 4.68. The summed E-state index contributed by atoms with van der Waals surface area (Å²) in [7, 11) is 1.29. The van der Waals surface area contributed by atoms with E-state index < -0.39 is 11.6 Å². The van der Waals surface area contributed by atoms with E-state index in [2.05, 4.69) is 0 Å². The van der Waals surface area contributed by atoms with Crippen LogP contribution in [0.15, 0.2) is 54.6 Å². The number of ether oxygens (including phenoxy) is 2. The molecule has 142 valence electrons. The zero-order valence-electron chi connectivity index (χ0n) is 15.1. The number of hydrogen-bond donors (Lipinski definition) is 0. The van der Waals surface area contributed by atoms with Crippen LogP contribution < -0.4 is 4.74 Å². The maximum absolute atomic E-state index is 14.2. The minimum Gasteiger partial charge on any atom is -0.494 e. The molecule has 1 aliphatic rings. The Balaban J connectivity index is 1.53. The van der Waals surface area contributed by atoms with Crippen molar-refractivity contribution in [3.8, 4) is 16.9 Å². The number of methoxy groups -OCH3 is 1. The van der Waals surface area contributed by atoms with Crippen LogP contribution in [0, 0.1) is 17.5 Å². The molecule has 1 heterocycles. The van der Waals surface area contributed by atoms with Crippen molar-refractivity contribution in [1.29, 1.82) is 0 Å². The van der Waals surface area contributed by atoms with Gasteiger partial charge in [-0.1, -0.05) is 48.6 Å². The predicted octanol–water partition coefficient (Wildman–Crippen LogP) is 6.02. The summed E-state index contributed by atoms with van der Waals surface area (Å²) in [5, 5.41) is 0. The highest BCUT2D eigenvalue weighted by molar-refractivity contribution is 5.72. The van der Waals surface area contributed by atoms with Gasteiger partial charge < -0.3 is 9.47 Å². The molecule has 1 aliphatic heterocycles. The molecule has 1 unspecified atom stereocenters. The standard InChI is InChI=1S/C23H17F3O2/c1-27-20-11-9-16(22(25)23(20)26)7-4-14-2-5-15(6-3-14)17-8-10-18(19(24)12-17)21-13-28-21/h2-12,21H,13H2,1H3/b7-4+. The molecule has 1 saturated heterocycles. The zero-order valence-corrected chi connectivity index (χ0v) is 15.1. The molecule has 1 atom stereocenters. The van der Waals surface area contributed by atoms with Gasteiger partial charge in [-0.15, -0.1) is 0 Å². The van der Waals surface area contributed by atoms with E-state index in [-0.39, 0.29) is 23.2 Å². The van der Waals surface area contributed by atoms with Gasteiger partial charge in [0.05, 0.1) is 13.7 Å². The summed E-state index contributed by atoms with van der Waals surface area (Å²) in [6.07, 6.45) is 3.06. The molecular weight excluding hydrogens is 365 g/mol. The fraction of sp³-hybridized carbons (Fsp3) is 0.130. The van der Waals surface area contributed by atoms with E-state index in [9.17, 15) is 13.2 Å². The lowest BCUT2D eigenvalue weighted by Gasteiger charge is -2.06. The predicted molar refractivity (Wildman–Crippen MR) is 102 cm³/mol. The molecule has 0 bridgehead atoms. The second-order valence-corrected chi connectivity index (χ2v) is 6.50. The lowest BCUT2D eigenvalue weighted by atomic mass is 10.0. The smallest absolute Gasteiger partial charge is 0.201 e. The van der Waals surface area contributed by atoms with Gasteiger partial charge in [-0.2, -0.15) is 4.39 Å². The Kier molecular flexibility index (Phi) is 4.92. The Morgan fingerprint density at radius 3 is 2.25 bits per heavy atom. The third kappa shape index (κ3) is 3.66. The molecule has 4 rings (SSSR count). The summed E-state index contributed by atoms with van der Waals surface area (Å²) < 4.78 is 51.8. The number of epoxide rings is 1. The van der Waals surface area contributed by atoms with Crippen LogP contribution in [-0.2, 0) is 4.74 Å². The normalized spacial score (nSPS) is 15.8. The van der Waals surface area contributed by atoms with Gasteiger partial charge in [-0.3, -0.25) is 0 Å². The molecule has 2 nitrogen and oxygen atoms in total. The van der Waals surface area contributed by atoms with Gasteiger partial charge in [-0.05, 0) is 34.9 Å². The van der Waals surface area contributed by atoms with Crippen LogP contribution in [0.5, 0.6) is 5.75 Å². The van der Waals surface area contributed by atoms with E-state index >= 15 is 0 Å². The molecule has 0 spiro atoms. The number of hydrogen-bond acceptors (Lipinski definition) is 2. The van der Waals surface area contributed by atoms with Crippen molar-refractivity contribution < 1.29 is 22.6 Å². The quantitative estimate of drug-likeness (QED) is 0.397. The Morgan fingerprint density at radius 2 is 1.61 bits per heavy atom. The SMILES string of the molecule is COc1ccc(/C=C/c2ccc(-c3ccc(C4CO4)c(F)c3)cc2)c(F)c1F. The Morgan fingerprint density at radius 1 is 0.893 bits per heavy atom. The Labute approximate surface area is 160 Å². The molecule has 5 heteroatoms. The molecule has 0 aromatic heterocycles. The highest BCUT2D eigenvalue weighted by Crippen LogP contribution is 2.33. The molecule has 0 aliphatic carbocycles. The van der Waals surface area contributed by atoms with Gasteiger partial charge in [0.2, 0.25) is 5.82 Å². The monoisotopic (exact) mass is 382 g/mol. The topological polar surface area (TPSA) is 21.8 Å². The van der Waals surface area contributed by atoms with Crippen molar-refractivity contribution in [2.45, 2.75) is 6.10 Å².